The Kier molecular flexibility index (Phi) is 3.57. The monoisotopic (exact) mass is 300 g/mol. The Morgan fingerprint density at radius 3 is 2.00 bits per heavy atom. The van der Waals surface area contributed by atoms with Crippen molar-refractivity contribution in [2.24, 2.45) is 0 Å². The van der Waals surface area contributed by atoms with Gasteiger partial charge in [-0.15, -0.1) is 0 Å². The van der Waals surface area contributed by atoms with Gasteiger partial charge in [-0.05, 0) is 26.7 Å². The lowest BCUT2D eigenvalue weighted by molar-refractivity contribution is -0.139. The Hall–Kier alpha value is -0.670. The average molecular weight is 300 g/mol. The van der Waals surface area contributed by atoms with E-state index in [4.69, 9.17) is 5.11 Å². The van der Waals surface area contributed by atoms with Crippen LogP contribution in [0.15, 0.2) is 0 Å². The van der Waals surface area contributed by atoms with Gasteiger partial charge in [-0.25, -0.2) is 8.42 Å². The maximum Gasteiger partial charge on any atom is 0.324 e. The minimum absolute atomic E-state index is 0.210. The third-order valence-corrected chi connectivity index (χ3v) is 6.83. The molecule has 0 saturated heterocycles. The van der Waals surface area contributed by atoms with E-state index in [9.17, 15) is 21.6 Å². The molecule has 1 fully saturated rings. The maximum absolute atomic E-state index is 12.2. The van der Waals surface area contributed by atoms with Crippen LogP contribution < -0.4 is 0 Å². The van der Waals surface area contributed by atoms with Crippen LogP contribution in [0.2, 0.25) is 0 Å². The Morgan fingerprint density at radius 1 is 1.28 bits per heavy atom. The SMILES string of the molecule is CC(C)(C(=O)O)S(=O)(=O)C1(COS(C)(=O)=O)CC1. The summed E-state index contributed by atoms with van der Waals surface area (Å²) in [5, 5.41) is 8.96. The number of rotatable bonds is 6. The number of aliphatic carboxylic acids is 1. The van der Waals surface area contributed by atoms with Crippen LogP contribution >= 0.6 is 0 Å². The summed E-state index contributed by atoms with van der Waals surface area (Å²) in [7, 11) is -7.79. The molecule has 9 heteroatoms. The van der Waals surface area contributed by atoms with Crippen LogP contribution in [0.5, 0.6) is 0 Å². The second kappa shape index (κ2) is 4.17. The minimum Gasteiger partial charge on any atom is -0.480 e. The van der Waals surface area contributed by atoms with Crippen molar-refractivity contribution < 1.29 is 30.9 Å². The highest BCUT2D eigenvalue weighted by Crippen LogP contribution is 2.48. The van der Waals surface area contributed by atoms with Gasteiger partial charge in [-0.2, -0.15) is 8.42 Å². The second-order valence-electron chi connectivity index (χ2n) is 4.97. The number of hydrogen-bond acceptors (Lipinski definition) is 6. The van der Waals surface area contributed by atoms with E-state index in [0.29, 0.717) is 0 Å². The molecule has 1 rings (SSSR count). The zero-order valence-corrected chi connectivity index (χ0v) is 12.0. The molecule has 1 aliphatic carbocycles. The normalized spacial score (nSPS) is 19.5. The summed E-state index contributed by atoms with van der Waals surface area (Å²) in [5.74, 6) is -1.46. The molecular formula is C9H16O7S2. The number of carboxylic acids is 1. The lowest BCUT2D eigenvalue weighted by Gasteiger charge is -2.26. The van der Waals surface area contributed by atoms with Gasteiger partial charge in [0, 0.05) is 0 Å². The molecule has 1 aliphatic rings. The Balaban J connectivity index is 3.03. The van der Waals surface area contributed by atoms with Gasteiger partial charge in [-0.1, -0.05) is 0 Å². The first-order valence-corrected chi connectivity index (χ1v) is 8.48. The molecule has 0 amide bonds. The quantitative estimate of drug-likeness (QED) is 0.674. The molecule has 0 aromatic carbocycles. The highest BCUT2D eigenvalue weighted by molar-refractivity contribution is 7.95. The van der Waals surface area contributed by atoms with Crippen LogP contribution in [0.3, 0.4) is 0 Å². The fourth-order valence-corrected chi connectivity index (χ4v) is 4.18. The van der Waals surface area contributed by atoms with Crippen molar-refractivity contribution in [3.05, 3.63) is 0 Å². The number of sulfone groups is 1. The van der Waals surface area contributed by atoms with Gasteiger partial charge in [0.25, 0.3) is 10.1 Å². The van der Waals surface area contributed by atoms with Crippen molar-refractivity contribution in [2.75, 3.05) is 12.9 Å². The summed E-state index contributed by atoms with van der Waals surface area (Å²) < 4.78 is 47.4. The Bertz CT molecular complexity index is 552. The molecule has 0 bridgehead atoms. The van der Waals surface area contributed by atoms with Gasteiger partial charge in [0.2, 0.25) is 0 Å². The van der Waals surface area contributed by atoms with Crippen molar-refractivity contribution >= 4 is 25.9 Å². The summed E-state index contributed by atoms with van der Waals surface area (Å²) >= 11 is 0. The van der Waals surface area contributed by atoms with E-state index in [-0.39, 0.29) is 12.8 Å². The standard InChI is InChI=1S/C9H16O7S2/c1-8(2,7(10)11)18(14,15)9(4-5-9)6-16-17(3,12)13/h4-6H2,1-3H3,(H,10,11). The van der Waals surface area contributed by atoms with Gasteiger partial charge in [0.1, 0.15) is 0 Å². The van der Waals surface area contributed by atoms with Crippen molar-refractivity contribution in [3.8, 4) is 0 Å². The fraction of sp³-hybridized carbons (Fsp3) is 0.889. The summed E-state index contributed by atoms with van der Waals surface area (Å²) in [4.78, 5) is 11.0. The first-order chi connectivity index (χ1) is 7.86. The summed E-state index contributed by atoms with van der Waals surface area (Å²) in [6.07, 6.45) is 1.24. The van der Waals surface area contributed by atoms with Crippen molar-refractivity contribution in [1.29, 1.82) is 0 Å². The lowest BCUT2D eigenvalue weighted by Crippen LogP contribution is -2.48. The number of hydrogen-bond donors (Lipinski definition) is 1. The first kappa shape index (κ1) is 15.4. The molecule has 0 aromatic heterocycles. The molecule has 1 saturated carbocycles. The van der Waals surface area contributed by atoms with E-state index in [1.54, 1.807) is 0 Å². The molecule has 7 nitrogen and oxygen atoms in total. The molecule has 0 unspecified atom stereocenters. The molecule has 0 atom stereocenters. The van der Waals surface area contributed by atoms with Crippen LogP contribution in [-0.4, -0.2) is 50.3 Å². The molecule has 18 heavy (non-hydrogen) atoms. The van der Waals surface area contributed by atoms with E-state index in [1.807, 2.05) is 0 Å². The van der Waals surface area contributed by atoms with Crippen LogP contribution in [0, 0.1) is 0 Å². The smallest absolute Gasteiger partial charge is 0.324 e. The highest BCUT2D eigenvalue weighted by Gasteiger charge is 2.62. The van der Waals surface area contributed by atoms with E-state index in [2.05, 4.69) is 4.18 Å². The summed E-state index contributed by atoms with van der Waals surface area (Å²) in [6, 6.07) is 0. The van der Waals surface area contributed by atoms with Crippen molar-refractivity contribution in [3.63, 3.8) is 0 Å². The summed E-state index contributed by atoms with van der Waals surface area (Å²) in [5.41, 5.74) is 0. The molecule has 0 aromatic rings. The van der Waals surface area contributed by atoms with E-state index in [0.717, 1.165) is 20.1 Å². The van der Waals surface area contributed by atoms with Crippen LogP contribution in [0.25, 0.3) is 0 Å². The van der Waals surface area contributed by atoms with Crippen molar-refractivity contribution in [2.45, 2.75) is 36.2 Å². The minimum atomic E-state index is -4.04. The molecular weight excluding hydrogens is 284 g/mol. The van der Waals surface area contributed by atoms with Crippen LogP contribution in [-0.2, 0) is 28.9 Å². The average Bonchev–Trinajstić information content (AvgIpc) is 2.93. The van der Waals surface area contributed by atoms with Gasteiger partial charge < -0.3 is 5.11 Å². The molecule has 106 valence electrons. The fourth-order valence-electron chi connectivity index (χ4n) is 1.50. The molecule has 0 heterocycles. The zero-order chi connectivity index (χ0) is 14.4. The maximum atomic E-state index is 12.2. The van der Waals surface area contributed by atoms with Gasteiger partial charge >= 0.3 is 5.97 Å². The topological polar surface area (TPSA) is 115 Å². The first-order valence-electron chi connectivity index (χ1n) is 5.18. The molecule has 1 N–H and O–H groups in total. The number of carbonyl (C=O) groups is 1. The van der Waals surface area contributed by atoms with E-state index >= 15 is 0 Å². The zero-order valence-electron chi connectivity index (χ0n) is 10.3. The molecule has 0 radical (unpaired) electrons. The van der Waals surface area contributed by atoms with E-state index in [1.165, 1.54) is 0 Å². The third-order valence-electron chi connectivity index (χ3n) is 3.10. The second-order valence-corrected chi connectivity index (χ2v) is 9.51. The summed E-state index contributed by atoms with van der Waals surface area (Å²) in [6.45, 7) is 1.65. The van der Waals surface area contributed by atoms with Crippen LogP contribution in [0.4, 0.5) is 0 Å². The highest BCUT2D eigenvalue weighted by atomic mass is 32.2. The molecule has 0 spiro atoms. The largest absolute Gasteiger partial charge is 0.480 e. The number of carboxylic acid groups (broad SMARTS) is 1. The predicted octanol–water partition coefficient (Wildman–Crippen LogP) is -0.227. The Morgan fingerprint density at radius 2 is 1.72 bits per heavy atom. The van der Waals surface area contributed by atoms with E-state index < -0.39 is 42.0 Å². The van der Waals surface area contributed by atoms with Gasteiger partial charge in [-0.3, -0.25) is 8.98 Å². The predicted molar refractivity (Wildman–Crippen MR) is 63.4 cm³/mol. The molecule has 0 aliphatic heterocycles. The van der Waals surface area contributed by atoms with Gasteiger partial charge in [0.05, 0.1) is 17.6 Å². The van der Waals surface area contributed by atoms with Crippen LogP contribution in [0.1, 0.15) is 26.7 Å². The van der Waals surface area contributed by atoms with Crippen molar-refractivity contribution in [1.82, 2.24) is 0 Å². The van der Waals surface area contributed by atoms with Gasteiger partial charge in [0.15, 0.2) is 14.6 Å². The third kappa shape index (κ3) is 2.52. The Labute approximate surface area is 106 Å². The lowest BCUT2D eigenvalue weighted by atomic mass is 10.2.